The van der Waals surface area contributed by atoms with E-state index in [9.17, 15) is 0 Å². The first-order valence-corrected chi connectivity index (χ1v) is 6.81. The summed E-state index contributed by atoms with van der Waals surface area (Å²) < 4.78 is 0. The molecule has 0 radical (unpaired) electrons. The van der Waals surface area contributed by atoms with Gasteiger partial charge in [0.2, 0.25) is 0 Å². The zero-order valence-corrected chi connectivity index (χ0v) is 12.2. The summed E-state index contributed by atoms with van der Waals surface area (Å²) in [5.41, 5.74) is 1.09. The van der Waals surface area contributed by atoms with E-state index in [-0.39, 0.29) is 12.1 Å². The first-order chi connectivity index (χ1) is 9.11. The minimum atomic E-state index is -0.00171. The summed E-state index contributed by atoms with van der Waals surface area (Å²) in [6.07, 6.45) is 0.917. The second-order valence-electron chi connectivity index (χ2n) is 4.29. The Morgan fingerprint density at radius 1 is 1.32 bits per heavy atom. The highest BCUT2D eigenvalue weighted by Gasteiger charge is 2.17. The molecule has 1 aromatic heterocycles. The van der Waals surface area contributed by atoms with Gasteiger partial charge in [0.15, 0.2) is 5.82 Å². The summed E-state index contributed by atoms with van der Waals surface area (Å²) in [4.78, 5) is 0. The van der Waals surface area contributed by atoms with Crippen molar-refractivity contribution in [3.63, 3.8) is 0 Å². The molecule has 1 heterocycles. The molecule has 2 aromatic rings. The van der Waals surface area contributed by atoms with Gasteiger partial charge in [-0.3, -0.25) is 0 Å². The standard InChI is InChI=1S/C12H15Cl2N5/c1-3-11(8-4-5-9(13)10(14)6-8)15-7(2)12-16-18-19-17-12/h4-7,11,15H,3H2,1-2H3,(H,16,17,18,19). The number of nitrogens with one attached hydrogen (secondary N) is 2. The van der Waals surface area contributed by atoms with Gasteiger partial charge in [0.1, 0.15) is 0 Å². The van der Waals surface area contributed by atoms with E-state index in [1.165, 1.54) is 0 Å². The third-order valence-electron chi connectivity index (χ3n) is 2.95. The molecule has 2 N–H and O–H groups in total. The summed E-state index contributed by atoms with van der Waals surface area (Å²) in [5, 5.41) is 18.5. The molecule has 2 atom stereocenters. The van der Waals surface area contributed by atoms with E-state index < -0.39 is 0 Å². The molecule has 7 heteroatoms. The Bertz CT molecular complexity index is 529. The van der Waals surface area contributed by atoms with E-state index in [4.69, 9.17) is 23.2 Å². The average Bonchev–Trinajstić information content (AvgIpc) is 2.93. The number of tetrazole rings is 1. The van der Waals surface area contributed by atoms with Crippen molar-refractivity contribution in [2.24, 2.45) is 0 Å². The molecule has 1 aromatic carbocycles. The zero-order valence-electron chi connectivity index (χ0n) is 10.7. The second kappa shape index (κ2) is 6.32. The highest BCUT2D eigenvalue weighted by Crippen LogP contribution is 2.28. The van der Waals surface area contributed by atoms with Crippen LogP contribution in [-0.2, 0) is 0 Å². The van der Waals surface area contributed by atoms with Crippen LogP contribution in [0, 0.1) is 0 Å². The van der Waals surface area contributed by atoms with E-state index in [0.29, 0.717) is 15.9 Å². The molecule has 19 heavy (non-hydrogen) atoms. The zero-order chi connectivity index (χ0) is 13.8. The Labute approximate surface area is 121 Å². The predicted molar refractivity (Wildman–Crippen MR) is 75.2 cm³/mol. The van der Waals surface area contributed by atoms with E-state index >= 15 is 0 Å². The monoisotopic (exact) mass is 299 g/mol. The fourth-order valence-electron chi connectivity index (χ4n) is 1.91. The summed E-state index contributed by atoms with van der Waals surface area (Å²) in [6.45, 7) is 4.09. The fourth-order valence-corrected chi connectivity index (χ4v) is 2.21. The van der Waals surface area contributed by atoms with Gasteiger partial charge in [0.25, 0.3) is 0 Å². The Morgan fingerprint density at radius 2 is 2.11 bits per heavy atom. The summed E-state index contributed by atoms with van der Waals surface area (Å²) in [6, 6.07) is 5.82. The van der Waals surface area contributed by atoms with Crippen LogP contribution in [0.3, 0.4) is 0 Å². The fraction of sp³-hybridized carbons (Fsp3) is 0.417. The van der Waals surface area contributed by atoms with Crippen molar-refractivity contribution >= 4 is 23.2 Å². The van der Waals surface area contributed by atoms with Crippen LogP contribution in [0.15, 0.2) is 18.2 Å². The first-order valence-electron chi connectivity index (χ1n) is 6.06. The number of aromatic amines is 1. The Kier molecular flexibility index (Phi) is 4.74. The maximum absolute atomic E-state index is 6.05. The van der Waals surface area contributed by atoms with Gasteiger partial charge in [0, 0.05) is 6.04 Å². The van der Waals surface area contributed by atoms with Crippen molar-refractivity contribution in [1.82, 2.24) is 25.9 Å². The lowest BCUT2D eigenvalue weighted by molar-refractivity contribution is 0.443. The van der Waals surface area contributed by atoms with Crippen molar-refractivity contribution in [3.8, 4) is 0 Å². The quantitative estimate of drug-likeness (QED) is 0.889. The molecule has 0 aliphatic rings. The molecule has 0 aliphatic carbocycles. The van der Waals surface area contributed by atoms with Crippen molar-refractivity contribution < 1.29 is 0 Å². The van der Waals surface area contributed by atoms with Gasteiger partial charge >= 0.3 is 0 Å². The van der Waals surface area contributed by atoms with Crippen LogP contribution in [0.4, 0.5) is 0 Å². The van der Waals surface area contributed by atoms with Crippen molar-refractivity contribution in [2.75, 3.05) is 0 Å². The van der Waals surface area contributed by atoms with Crippen molar-refractivity contribution in [1.29, 1.82) is 0 Å². The van der Waals surface area contributed by atoms with E-state index in [1.54, 1.807) is 0 Å². The number of hydrogen-bond donors (Lipinski definition) is 2. The molecule has 5 nitrogen and oxygen atoms in total. The third-order valence-corrected chi connectivity index (χ3v) is 3.69. The SMILES string of the molecule is CCC(NC(C)c1nn[nH]n1)c1ccc(Cl)c(Cl)c1. The number of H-pyrrole nitrogens is 1. The summed E-state index contributed by atoms with van der Waals surface area (Å²) >= 11 is 12.0. The molecule has 0 amide bonds. The number of halogens is 2. The maximum atomic E-state index is 6.05. The van der Waals surface area contributed by atoms with Crippen molar-refractivity contribution in [3.05, 3.63) is 39.6 Å². The lowest BCUT2D eigenvalue weighted by Gasteiger charge is -2.21. The Morgan fingerprint density at radius 3 is 2.68 bits per heavy atom. The molecule has 2 rings (SSSR count). The van der Waals surface area contributed by atoms with Crippen molar-refractivity contribution in [2.45, 2.75) is 32.4 Å². The molecule has 0 spiro atoms. The average molecular weight is 300 g/mol. The molecule has 0 aliphatic heterocycles. The summed E-state index contributed by atoms with van der Waals surface area (Å²) in [5.74, 6) is 0.638. The number of aromatic nitrogens is 4. The van der Waals surface area contributed by atoms with E-state index in [2.05, 4.69) is 32.9 Å². The topological polar surface area (TPSA) is 66.5 Å². The molecular weight excluding hydrogens is 285 g/mol. The van der Waals surface area contributed by atoms with Crippen LogP contribution in [0.2, 0.25) is 10.0 Å². The molecule has 2 unspecified atom stereocenters. The largest absolute Gasteiger partial charge is 0.300 e. The highest BCUT2D eigenvalue weighted by molar-refractivity contribution is 6.42. The van der Waals surface area contributed by atoms with Crippen LogP contribution in [-0.4, -0.2) is 20.6 Å². The first kappa shape index (κ1) is 14.2. The Hall–Kier alpha value is -1.17. The lowest BCUT2D eigenvalue weighted by atomic mass is 10.0. The minimum absolute atomic E-state index is 0.00171. The molecule has 0 saturated carbocycles. The summed E-state index contributed by atoms with van der Waals surface area (Å²) in [7, 11) is 0. The van der Waals surface area contributed by atoms with Gasteiger partial charge in [-0.15, -0.1) is 10.2 Å². The van der Waals surface area contributed by atoms with E-state index in [1.807, 2.05) is 25.1 Å². The number of hydrogen-bond acceptors (Lipinski definition) is 4. The van der Waals surface area contributed by atoms with Gasteiger partial charge < -0.3 is 5.32 Å². The number of rotatable bonds is 5. The Balaban J connectivity index is 2.13. The molecule has 0 bridgehead atoms. The second-order valence-corrected chi connectivity index (χ2v) is 5.11. The maximum Gasteiger partial charge on any atom is 0.191 e. The normalized spacial score (nSPS) is 14.3. The van der Waals surface area contributed by atoms with Crippen LogP contribution in [0.5, 0.6) is 0 Å². The lowest BCUT2D eigenvalue weighted by Crippen LogP contribution is -2.25. The predicted octanol–water partition coefficient (Wildman–Crippen LogP) is 3.31. The van der Waals surface area contributed by atoms with E-state index in [0.717, 1.165) is 12.0 Å². The molecule has 0 saturated heterocycles. The van der Waals surface area contributed by atoms with Gasteiger partial charge in [-0.25, -0.2) is 0 Å². The molecule has 102 valence electrons. The van der Waals surface area contributed by atoms with Crippen LogP contribution >= 0.6 is 23.2 Å². The number of nitrogens with zero attached hydrogens (tertiary/aromatic N) is 3. The smallest absolute Gasteiger partial charge is 0.191 e. The van der Waals surface area contributed by atoms with Crippen LogP contribution in [0.25, 0.3) is 0 Å². The van der Waals surface area contributed by atoms with Gasteiger partial charge in [0.05, 0.1) is 16.1 Å². The van der Waals surface area contributed by atoms with Gasteiger partial charge in [-0.2, -0.15) is 5.21 Å². The third kappa shape index (κ3) is 3.43. The van der Waals surface area contributed by atoms with Crippen LogP contribution < -0.4 is 5.32 Å². The molecule has 0 fully saturated rings. The minimum Gasteiger partial charge on any atom is -0.300 e. The van der Waals surface area contributed by atoms with Gasteiger partial charge in [-0.1, -0.05) is 41.4 Å². The van der Waals surface area contributed by atoms with Crippen LogP contribution in [0.1, 0.15) is 43.7 Å². The molecular formula is C12H15Cl2N5. The number of benzene rings is 1. The highest BCUT2D eigenvalue weighted by atomic mass is 35.5. The van der Waals surface area contributed by atoms with Gasteiger partial charge in [-0.05, 0) is 31.0 Å².